The van der Waals surface area contributed by atoms with Crippen molar-refractivity contribution < 1.29 is 9.53 Å². The number of piperazine rings is 1. The number of anilines is 2. The molecule has 0 radical (unpaired) electrons. The smallest absolute Gasteiger partial charge is 0.270 e. The summed E-state index contributed by atoms with van der Waals surface area (Å²) >= 11 is 0. The molecule has 0 bridgehead atoms. The summed E-state index contributed by atoms with van der Waals surface area (Å²) in [6.45, 7) is 6.27. The Kier molecular flexibility index (Phi) is 6.01. The summed E-state index contributed by atoms with van der Waals surface area (Å²) < 4.78 is 4.96. The van der Waals surface area contributed by atoms with Crippen LogP contribution in [0.3, 0.4) is 0 Å². The van der Waals surface area contributed by atoms with Crippen LogP contribution in [0.15, 0.2) is 36.4 Å². The van der Waals surface area contributed by atoms with E-state index in [-0.39, 0.29) is 5.91 Å². The molecular formula is C19H25N5O2. The van der Waals surface area contributed by atoms with Crippen molar-refractivity contribution in [2.24, 2.45) is 0 Å². The van der Waals surface area contributed by atoms with Crippen molar-refractivity contribution in [3.63, 3.8) is 0 Å². The molecule has 1 aromatic heterocycles. The van der Waals surface area contributed by atoms with Crippen LogP contribution in [-0.4, -0.2) is 62.3 Å². The van der Waals surface area contributed by atoms with Gasteiger partial charge in [0.2, 0.25) is 5.95 Å². The standard InChI is InChI=1S/C19H25N5O2/c1-15-14-17(18(25)20-8-13-26-2)22-19(21-15)24-11-9-23(10-12-24)16-6-4-3-5-7-16/h3-7,14H,8-13H2,1-2H3,(H,20,25). The first kappa shape index (κ1) is 18.1. The number of hydrogen-bond acceptors (Lipinski definition) is 6. The van der Waals surface area contributed by atoms with E-state index in [1.165, 1.54) is 5.69 Å². The second-order valence-electron chi connectivity index (χ2n) is 6.25. The highest BCUT2D eigenvalue weighted by Gasteiger charge is 2.21. The van der Waals surface area contributed by atoms with Crippen molar-refractivity contribution in [3.8, 4) is 0 Å². The maximum atomic E-state index is 12.3. The molecule has 2 aromatic rings. The van der Waals surface area contributed by atoms with Gasteiger partial charge in [0.05, 0.1) is 6.61 Å². The molecule has 1 saturated heterocycles. The Bertz CT molecular complexity index is 730. The average Bonchev–Trinajstić information content (AvgIpc) is 2.68. The predicted molar refractivity (Wildman–Crippen MR) is 102 cm³/mol. The molecule has 7 nitrogen and oxygen atoms in total. The maximum absolute atomic E-state index is 12.3. The maximum Gasteiger partial charge on any atom is 0.270 e. The number of amides is 1. The van der Waals surface area contributed by atoms with Gasteiger partial charge >= 0.3 is 0 Å². The lowest BCUT2D eigenvalue weighted by molar-refractivity contribution is 0.0932. The van der Waals surface area contributed by atoms with E-state index in [4.69, 9.17) is 4.74 Å². The quantitative estimate of drug-likeness (QED) is 0.792. The van der Waals surface area contributed by atoms with Gasteiger partial charge in [-0.15, -0.1) is 0 Å². The number of carbonyl (C=O) groups is 1. The zero-order valence-corrected chi connectivity index (χ0v) is 15.3. The minimum absolute atomic E-state index is 0.197. The molecule has 2 heterocycles. The number of carbonyl (C=O) groups excluding carboxylic acids is 1. The lowest BCUT2D eigenvalue weighted by atomic mass is 10.2. The number of nitrogens with zero attached hydrogens (tertiary/aromatic N) is 4. The van der Waals surface area contributed by atoms with Gasteiger partial charge in [-0.25, -0.2) is 9.97 Å². The molecule has 138 valence electrons. The van der Waals surface area contributed by atoms with Crippen molar-refractivity contribution in [2.45, 2.75) is 6.92 Å². The Balaban J connectivity index is 1.65. The van der Waals surface area contributed by atoms with E-state index in [0.29, 0.717) is 24.8 Å². The van der Waals surface area contributed by atoms with Gasteiger partial charge < -0.3 is 19.9 Å². The molecular weight excluding hydrogens is 330 g/mol. The van der Waals surface area contributed by atoms with Crippen LogP contribution in [0.2, 0.25) is 0 Å². The number of rotatable bonds is 6. The Morgan fingerprint density at radius 1 is 1.12 bits per heavy atom. The lowest BCUT2D eigenvalue weighted by Gasteiger charge is -2.36. The number of methoxy groups -OCH3 is 1. The third kappa shape index (κ3) is 4.49. The van der Waals surface area contributed by atoms with E-state index in [2.05, 4.69) is 49.4 Å². The number of benzene rings is 1. The first-order valence-corrected chi connectivity index (χ1v) is 8.85. The van der Waals surface area contributed by atoms with Crippen molar-refractivity contribution in [1.29, 1.82) is 0 Å². The summed E-state index contributed by atoms with van der Waals surface area (Å²) in [6, 6.07) is 12.1. The number of hydrogen-bond donors (Lipinski definition) is 1. The fourth-order valence-corrected chi connectivity index (χ4v) is 2.97. The van der Waals surface area contributed by atoms with Crippen LogP contribution >= 0.6 is 0 Å². The van der Waals surface area contributed by atoms with Crippen LogP contribution < -0.4 is 15.1 Å². The Morgan fingerprint density at radius 2 is 1.81 bits per heavy atom. The third-order valence-electron chi connectivity index (χ3n) is 4.35. The molecule has 0 spiro atoms. The number of aryl methyl sites for hydroxylation is 1. The largest absolute Gasteiger partial charge is 0.383 e. The van der Waals surface area contributed by atoms with Gasteiger partial charge in [0.1, 0.15) is 5.69 Å². The Hall–Kier alpha value is -2.67. The number of aromatic nitrogens is 2. The Morgan fingerprint density at radius 3 is 2.50 bits per heavy atom. The van der Waals surface area contributed by atoms with Crippen molar-refractivity contribution in [1.82, 2.24) is 15.3 Å². The molecule has 3 rings (SSSR count). The zero-order valence-electron chi connectivity index (χ0n) is 15.3. The van der Waals surface area contributed by atoms with Crippen LogP contribution in [0.25, 0.3) is 0 Å². The zero-order chi connectivity index (χ0) is 18.4. The molecule has 0 aliphatic carbocycles. The van der Waals surface area contributed by atoms with Crippen LogP contribution in [-0.2, 0) is 4.74 Å². The van der Waals surface area contributed by atoms with E-state index in [9.17, 15) is 4.79 Å². The van der Waals surface area contributed by atoms with Gasteiger partial charge in [-0.05, 0) is 25.1 Å². The monoisotopic (exact) mass is 355 g/mol. The molecule has 26 heavy (non-hydrogen) atoms. The molecule has 1 aliphatic rings. The van der Waals surface area contributed by atoms with Gasteiger partial charge in [-0.2, -0.15) is 0 Å². The third-order valence-corrected chi connectivity index (χ3v) is 4.35. The van der Waals surface area contributed by atoms with E-state index in [0.717, 1.165) is 31.9 Å². The van der Waals surface area contributed by atoms with Gasteiger partial charge in [0, 0.05) is 51.2 Å². The first-order valence-electron chi connectivity index (χ1n) is 8.85. The van der Waals surface area contributed by atoms with Gasteiger partial charge in [0.15, 0.2) is 0 Å². The minimum Gasteiger partial charge on any atom is -0.383 e. The summed E-state index contributed by atoms with van der Waals surface area (Å²) in [4.78, 5) is 25.8. The number of nitrogens with one attached hydrogen (secondary N) is 1. The summed E-state index contributed by atoms with van der Waals surface area (Å²) in [5.74, 6) is 0.423. The molecule has 1 aromatic carbocycles. The second-order valence-corrected chi connectivity index (χ2v) is 6.25. The van der Waals surface area contributed by atoms with Crippen LogP contribution in [0.1, 0.15) is 16.2 Å². The van der Waals surface area contributed by atoms with E-state index >= 15 is 0 Å². The van der Waals surface area contributed by atoms with Crippen LogP contribution in [0.4, 0.5) is 11.6 Å². The fraction of sp³-hybridized carbons (Fsp3) is 0.421. The highest BCUT2D eigenvalue weighted by atomic mass is 16.5. The van der Waals surface area contributed by atoms with Gasteiger partial charge in [-0.3, -0.25) is 4.79 Å². The fourth-order valence-electron chi connectivity index (χ4n) is 2.97. The normalized spacial score (nSPS) is 14.4. The van der Waals surface area contributed by atoms with E-state index < -0.39 is 0 Å². The molecule has 1 aliphatic heterocycles. The molecule has 0 unspecified atom stereocenters. The van der Waals surface area contributed by atoms with E-state index in [1.807, 2.05) is 13.0 Å². The molecule has 0 atom stereocenters. The molecule has 1 N–H and O–H groups in total. The highest BCUT2D eigenvalue weighted by molar-refractivity contribution is 5.92. The van der Waals surface area contributed by atoms with Gasteiger partial charge in [-0.1, -0.05) is 18.2 Å². The van der Waals surface area contributed by atoms with E-state index in [1.54, 1.807) is 13.2 Å². The summed E-state index contributed by atoms with van der Waals surface area (Å²) in [5, 5.41) is 2.80. The predicted octanol–water partition coefficient (Wildman–Crippen LogP) is 1.49. The average molecular weight is 355 g/mol. The topological polar surface area (TPSA) is 70.6 Å². The minimum atomic E-state index is -0.197. The van der Waals surface area contributed by atoms with Crippen molar-refractivity contribution >= 4 is 17.5 Å². The number of ether oxygens (including phenoxy) is 1. The molecule has 7 heteroatoms. The SMILES string of the molecule is COCCNC(=O)c1cc(C)nc(N2CCN(c3ccccc3)CC2)n1. The Labute approximate surface area is 154 Å². The van der Waals surface area contributed by atoms with Crippen LogP contribution in [0.5, 0.6) is 0 Å². The first-order chi connectivity index (χ1) is 12.7. The summed E-state index contributed by atoms with van der Waals surface area (Å²) in [6.07, 6.45) is 0. The molecule has 1 fully saturated rings. The highest BCUT2D eigenvalue weighted by Crippen LogP contribution is 2.18. The van der Waals surface area contributed by atoms with Gasteiger partial charge in [0.25, 0.3) is 5.91 Å². The lowest BCUT2D eigenvalue weighted by Crippen LogP contribution is -2.47. The summed E-state index contributed by atoms with van der Waals surface area (Å²) in [5.41, 5.74) is 2.42. The van der Waals surface area contributed by atoms with Crippen molar-refractivity contribution in [2.75, 3.05) is 56.2 Å². The summed E-state index contributed by atoms with van der Waals surface area (Å²) in [7, 11) is 1.61. The molecule has 1 amide bonds. The number of para-hydroxylation sites is 1. The van der Waals surface area contributed by atoms with Crippen molar-refractivity contribution in [3.05, 3.63) is 47.8 Å². The second kappa shape index (κ2) is 8.62. The van der Waals surface area contributed by atoms with Crippen LogP contribution in [0, 0.1) is 6.92 Å². The molecule has 0 saturated carbocycles.